The summed E-state index contributed by atoms with van der Waals surface area (Å²) >= 11 is 0. The van der Waals surface area contributed by atoms with E-state index in [1.165, 1.54) is 6.92 Å². The number of amides is 3. The number of nitrogens with one attached hydrogen (secondary N) is 1. The zero-order chi connectivity index (χ0) is 14.8. The van der Waals surface area contributed by atoms with Crippen molar-refractivity contribution in [2.45, 2.75) is 25.3 Å². The first-order valence-electron chi connectivity index (χ1n) is 6.32. The lowest BCUT2D eigenvalue weighted by Gasteiger charge is -2.17. The van der Waals surface area contributed by atoms with Crippen LogP contribution in [0.25, 0.3) is 0 Å². The quantitative estimate of drug-likeness (QED) is 0.859. The van der Waals surface area contributed by atoms with E-state index in [1.807, 2.05) is 30.3 Å². The van der Waals surface area contributed by atoms with Crippen LogP contribution in [0.5, 0.6) is 0 Å². The second-order valence-corrected chi connectivity index (χ2v) is 5.03. The minimum atomic E-state index is -1.40. The fourth-order valence-electron chi connectivity index (χ4n) is 2.08. The molecular formula is C14H16N2O4. The molecule has 1 aromatic rings. The maximum absolute atomic E-state index is 12.0. The molecule has 0 aromatic heterocycles. The number of carbonyl (C=O) groups is 3. The van der Waals surface area contributed by atoms with E-state index >= 15 is 0 Å². The molecule has 106 valence electrons. The molecule has 2 rings (SSSR count). The van der Waals surface area contributed by atoms with E-state index in [-0.39, 0.29) is 18.9 Å². The van der Waals surface area contributed by atoms with E-state index in [4.69, 9.17) is 5.11 Å². The van der Waals surface area contributed by atoms with E-state index in [1.54, 1.807) is 0 Å². The molecule has 1 aromatic carbocycles. The molecule has 0 bridgehead atoms. The molecule has 1 aliphatic rings. The van der Waals surface area contributed by atoms with E-state index in [2.05, 4.69) is 5.32 Å². The Kier molecular flexibility index (Phi) is 3.74. The molecule has 0 aliphatic carbocycles. The molecule has 6 heteroatoms. The van der Waals surface area contributed by atoms with Gasteiger partial charge in [-0.3, -0.25) is 9.69 Å². The molecule has 1 aliphatic heterocycles. The summed E-state index contributed by atoms with van der Waals surface area (Å²) in [5.41, 5.74) is -0.402. The Balaban J connectivity index is 1.97. The molecule has 6 nitrogen and oxygen atoms in total. The van der Waals surface area contributed by atoms with Crippen LogP contribution in [0.1, 0.15) is 18.9 Å². The summed E-state index contributed by atoms with van der Waals surface area (Å²) in [4.78, 5) is 35.7. The standard InChI is InChI=1S/C14H16N2O4/c1-14(12(18)19)9-16(13(20)15-14)11(17)8-7-10-5-3-2-4-6-10/h2-6H,7-9H2,1H3,(H,15,20)(H,18,19). The fraction of sp³-hybridized carbons (Fsp3) is 0.357. The van der Waals surface area contributed by atoms with Crippen molar-refractivity contribution in [3.05, 3.63) is 35.9 Å². The first-order chi connectivity index (χ1) is 9.42. The number of nitrogens with zero attached hydrogens (tertiary/aromatic N) is 1. The van der Waals surface area contributed by atoms with E-state index in [0.29, 0.717) is 6.42 Å². The Morgan fingerprint density at radius 2 is 2.00 bits per heavy atom. The number of hydrogen-bond acceptors (Lipinski definition) is 3. The molecule has 1 heterocycles. The highest BCUT2D eigenvalue weighted by Gasteiger charge is 2.46. The second kappa shape index (κ2) is 5.32. The van der Waals surface area contributed by atoms with E-state index < -0.39 is 17.5 Å². The monoisotopic (exact) mass is 276 g/mol. The first-order valence-corrected chi connectivity index (χ1v) is 6.32. The number of carboxylic acid groups (broad SMARTS) is 1. The predicted octanol–water partition coefficient (Wildman–Crippen LogP) is 1.01. The van der Waals surface area contributed by atoms with Crippen molar-refractivity contribution >= 4 is 17.9 Å². The first kappa shape index (κ1) is 14.0. The van der Waals surface area contributed by atoms with Crippen molar-refractivity contribution in [1.29, 1.82) is 0 Å². The second-order valence-electron chi connectivity index (χ2n) is 5.03. The smallest absolute Gasteiger partial charge is 0.331 e. The van der Waals surface area contributed by atoms with Gasteiger partial charge < -0.3 is 10.4 Å². The molecule has 3 amide bonds. The van der Waals surface area contributed by atoms with Gasteiger partial charge in [-0.15, -0.1) is 0 Å². The van der Waals surface area contributed by atoms with Crippen molar-refractivity contribution < 1.29 is 19.5 Å². The van der Waals surface area contributed by atoms with Crippen LogP contribution in [0, 0.1) is 0 Å². The fourth-order valence-corrected chi connectivity index (χ4v) is 2.08. The number of benzene rings is 1. The summed E-state index contributed by atoms with van der Waals surface area (Å²) in [6, 6.07) is 8.80. The van der Waals surface area contributed by atoms with Gasteiger partial charge in [0.05, 0.1) is 6.54 Å². The lowest BCUT2D eigenvalue weighted by Crippen LogP contribution is -2.47. The van der Waals surface area contributed by atoms with Gasteiger partial charge in [-0.25, -0.2) is 9.59 Å². The van der Waals surface area contributed by atoms with Crippen LogP contribution in [0.3, 0.4) is 0 Å². The number of carboxylic acids is 1. The van der Waals surface area contributed by atoms with Crippen LogP contribution in [0.4, 0.5) is 4.79 Å². The van der Waals surface area contributed by atoms with Crippen LogP contribution in [-0.2, 0) is 16.0 Å². The van der Waals surface area contributed by atoms with Crippen LogP contribution < -0.4 is 5.32 Å². The van der Waals surface area contributed by atoms with Gasteiger partial charge in [0.2, 0.25) is 5.91 Å². The lowest BCUT2D eigenvalue weighted by molar-refractivity contribution is -0.143. The highest BCUT2D eigenvalue weighted by molar-refractivity contribution is 6.00. The van der Waals surface area contributed by atoms with Gasteiger partial charge in [0.25, 0.3) is 0 Å². The minimum absolute atomic E-state index is 0.144. The summed E-state index contributed by atoms with van der Waals surface area (Å²) in [5.74, 6) is -1.51. The summed E-state index contributed by atoms with van der Waals surface area (Å²) in [5, 5.41) is 11.4. The number of aliphatic carboxylic acids is 1. The molecule has 0 radical (unpaired) electrons. The Hall–Kier alpha value is -2.37. The summed E-state index contributed by atoms with van der Waals surface area (Å²) in [6.07, 6.45) is 0.695. The number of aryl methyl sites for hydroxylation is 1. The largest absolute Gasteiger partial charge is 0.479 e. The Morgan fingerprint density at radius 3 is 2.55 bits per heavy atom. The van der Waals surface area contributed by atoms with Gasteiger partial charge in [-0.2, -0.15) is 0 Å². The third kappa shape index (κ3) is 2.79. The maximum atomic E-state index is 12.0. The number of hydrogen-bond donors (Lipinski definition) is 2. The topological polar surface area (TPSA) is 86.7 Å². The molecule has 1 saturated heterocycles. The normalized spacial score (nSPS) is 21.6. The third-order valence-corrected chi connectivity index (χ3v) is 3.35. The lowest BCUT2D eigenvalue weighted by atomic mass is 10.0. The van der Waals surface area contributed by atoms with Gasteiger partial charge in [-0.05, 0) is 18.9 Å². The molecule has 1 atom stereocenters. The molecular weight excluding hydrogens is 260 g/mol. The molecule has 1 fully saturated rings. The van der Waals surface area contributed by atoms with Crippen LogP contribution in [0.15, 0.2) is 30.3 Å². The van der Waals surface area contributed by atoms with Crippen molar-refractivity contribution in [3.8, 4) is 0 Å². The predicted molar refractivity (Wildman–Crippen MR) is 71.0 cm³/mol. The van der Waals surface area contributed by atoms with Gasteiger partial charge in [0.15, 0.2) is 5.54 Å². The molecule has 1 unspecified atom stereocenters. The van der Waals surface area contributed by atoms with E-state index in [9.17, 15) is 14.4 Å². The van der Waals surface area contributed by atoms with Gasteiger partial charge in [0.1, 0.15) is 0 Å². The Bertz CT molecular complexity index is 543. The minimum Gasteiger partial charge on any atom is -0.479 e. The maximum Gasteiger partial charge on any atom is 0.331 e. The van der Waals surface area contributed by atoms with Crippen LogP contribution in [-0.4, -0.2) is 40.0 Å². The van der Waals surface area contributed by atoms with Gasteiger partial charge in [0, 0.05) is 6.42 Å². The van der Waals surface area contributed by atoms with Crippen molar-refractivity contribution in [1.82, 2.24) is 10.2 Å². The number of urea groups is 1. The van der Waals surface area contributed by atoms with Crippen LogP contribution in [0.2, 0.25) is 0 Å². The molecule has 20 heavy (non-hydrogen) atoms. The summed E-state index contributed by atoms with van der Waals surface area (Å²) in [7, 11) is 0. The number of imide groups is 1. The average Bonchev–Trinajstić information content (AvgIpc) is 2.74. The van der Waals surface area contributed by atoms with Crippen molar-refractivity contribution in [2.24, 2.45) is 0 Å². The average molecular weight is 276 g/mol. The zero-order valence-corrected chi connectivity index (χ0v) is 11.1. The van der Waals surface area contributed by atoms with Gasteiger partial charge in [-0.1, -0.05) is 30.3 Å². The number of carbonyl (C=O) groups excluding carboxylic acids is 2. The SMILES string of the molecule is CC1(C(=O)O)CN(C(=O)CCc2ccccc2)C(=O)N1. The van der Waals surface area contributed by atoms with Gasteiger partial charge >= 0.3 is 12.0 Å². The van der Waals surface area contributed by atoms with Crippen LogP contribution >= 0.6 is 0 Å². The Labute approximate surface area is 116 Å². The Morgan fingerprint density at radius 1 is 1.35 bits per heavy atom. The third-order valence-electron chi connectivity index (χ3n) is 3.35. The highest BCUT2D eigenvalue weighted by Crippen LogP contribution is 2.17. The highest BCUT2D eigenvalue weighted by atomic mass is 16.4. The zero-order valence-electron chi connectivity index (χ0n) is 11.1. The van der Waals surface area contributed by atoms with Crippen molar-refractivity contribution in [3.63, 3.8) is 0 Å². The van der Waals surface area contributed by atoms with Crippen molar-refractivity contribution in [2.75, 3.05) is 6.54 Å². The summed E-state index contributed by atoms with van der Waals surface area (Å²) < 4.78 is 0. The number of rotatable bonds is 4. The molecule has 0 spiro atoms. The van der Waals surface area contributed by atoms with E-state index in [0.717, 1.165) is 10.5 Å². The summed E-state index contributed by atoms with van der Waals surface area (Å²) in [6.45, 7) is 1.24. The molecule has 0 saturated carbocycles. The molecule has 2 N–H and O–H groups in total.